The number of anilines is 1. The summed E-state index contributed by atoms with van der Waals surface area (Å²) in [5, 5.41) is 11.8. The van der Waals surface area contributed by atoms with Crippen molar-refractivity contribution in [2.24, 2.45) is 0 Å². The third-order valence-electron chi connectivity index (χ3n) is 3.21. The van der Waals surface area contributed by atoms with E-state index in [9.17, 15) is 4.79 Å². The highest BCUT2D eigenvalue weighted by molar-refractivity contribution is 5.92. The Balaban J connectivity index is 2.03. The van der Waals surface area contributed by atoms with Crippen molar-refractivity contribution in [3.63, 3.8) is 0 Å². The molecule has 104 valence electrons. The van der Waals surface area contributed by atoms with Gasteiger partial charge in [-0.3, -0.25) is 4.79 Å². The van der Waals surface area contributed by atoms with Gasteiger partial charge in [0.25, 0.3) is 5.91 Å². The number of nitrogens with one attached hydrogen (secondary N) is 1. The second kappa shape index (κ2) is 6.52. The van der Waals surface area contributed by atoms with Crippen LogP contribution in [0, 0.1) is 0 Å². The van der Waals surface area contributed by atoms with Gasteiger partial charge in [-0.2, -0.15) is 0 Å². The summed E-state index contributed by atoms with van der Waals surface area (Å²) < 4.78 is 0. The zero-order chi connectivity index (χ0) is 13.7. The highest BCUT2D eigenvalue weighted by Gasteiger charge is 2.14. The normalized spacial score (nSPS) is 17.1. The molecule has 1 aromatic rings. The van der Waals surface area contributed by atoms with Crippen molar-refractivity contribution in [2.75, 3.05) is 24.5 Å². The lowest BCUT2D eigenvalue weighted by atomic mass is 10.1. The zero-order valence-corrected chi connectivity index (χ0v) is 11.3. The molecule has 2 N–H and O–H groups in total. The standard InChI is InChI=1S/C14H21N3O2/c1-11(18)10-15-14(19)12-6-5-7-13(16-12)17-8-3-2-4-9-17/h5-7,11,18H,2-4,8-10H2,1H3,(H,15,19). The second-order valence-corrected chi connectivity index (χ2v) is 4.99. The Morgan fingerprint density at radius 3 is 2.84 bits per heavy atom. The van der Waals surface area contributed by atoms with Crippen LogP contribution in [0.4, 0.5) is 5.82 Å². The highest BCUT2D eigenvalue weighted by atomic mass is 16.3. The van der Waals surface area contributed by atoms with Gasteiger partial charge in [-0.05, 0) is 38.3 Å². The van der Waals surface area contributed by atoms with Gasteiger partial charge in [0, 0.05) is 19.6 Å². The van der Waals surface area contributed by atoms with Crippen LogP contribution < -0.4 is 10.2 Å². The molecule has 19 heavy (non-hydrogen) atoms. The topological polar surface area (TPSA) is 65.5 Å². The van der Waals surface area contributed by atoms with Gasteiger partial charge in [-0.25, -0.2) is 4.98 Å². The third kappa shape index (κ3) is 3.92. The van der Waals surface area contributed by atoms with E-state index in [0.717, 1.165) is 18.9 Å². The first-order valence-corrected chi connectivity index (χ1v) is 6.85. The smallest absolute Gasteiger partial charge is 0.270 e. The average molecular weight is 263 g/mol. The average Bonchev–Trinajstić information content (AvgIpc) is 2.46. The van der Waals surface area contributed by atoms with Crippen LogP contribution in [0.3, 0.4) is 0 Å². The van der Waals surface area contributed by atoms with E-state index >= 15 is 0 Å². The molecule has 2 rings (SSSR count). The van der Waals surface area contributed by atoms with E-state index < -0.39 is 6.10 Å². The molecule has 1 amide bonds. The number of amides is 1. The predicted molar refractivity (Wildman–Crippen MR) is 74.3 cm³/mol. The summed E-state index contributed by atoms with van der Waals surface area (Å²) in [6.45, 7) is 3.89. The largest absolute Gasteiger partial charge is 0.392 e. The Hall–Kier alpha value is -1.62. The zero-order valence-electron chi connectivity index (χ0n) is 11.3. The molecule has 0 aliphatic carbocycles. The number of nitrogens with zero attached hydrogens (tertiary/aromatic N) is 2. The van der Waals surface area contributed by atoms with E-state index in [2.05, 4.69) is 15.2 Å². The Labute approximate surface area is 113 Å². The highest BCUT2D eigenvalue weighted by Crippen LogP contribution is 2.17. The minimum atomic E-state index is -0.547. The molecule has 1 aromatic heterocycles. The maximum absolute atomic E-state index is 11.9. The van der Waals surface area contributed by atoms with Gasteiger partial charge >= 0.3 is 0 Å². The van der Waals surface area contributed by atoms with Crippen LogP contribution in [-0.4, -0.2) is 41.7 Å². The monoisotopic (exact) mass is 263 g/mol. The van der Waals surface area contributed by atoms with Gasteiger partial charge in [0.2, 0.25) is 0 Å². The van der Waals surface area contributed by atoms with Gasteiger partial charge in [0.05, 0.1) is 6.10 Å². The Kier molecular flexibility index (Phi) is 4.74. The number of pyridine rings is 1. The quantitative estimate of drug-likeness (QED) is 0.856. The lowest BCUT2D eigenvalue weighted by Crippen LogP contribution is -2.33. The van der Waals surface area contributed by atoms with Gasteiger partial charge in [-0.1, -0.05) is 6.07 Å². The van der Waals surface area contributed by atoms with Crippen LogP contribution >= 0.6 is 0 Å². The predicted octanol–water partition coefficient (Wildman–Crippen LogP) is 1.18. The van der Waals surface area contributed by atoms with Crippen LogP contribution in [0.15, 0.2) is 18.2 Å². The first-order chi connectivity index (χ1) is 9.16. The molecule has 5 nitrogen and oxygen atoms in total. The number of aromatic nitrogens is 1. The number of hydrogen-bond acceptors (Lipinski definition) is 4. The molecular formula is C14H21N3O2. The summed E-state index contributed by atoms with van der Waals surface area (Å²) in [7, 11) is 0. The number of carbonyl (C=O) groups is 1. The number of piperidine rings is 1. The molecule has 0 spiro atoms. The first kappa shape index (κ1) is 13.8. The summed E-state index contributed by atoms with van der Waals surface area (Å²) in [5.41, 5.74) is 0.406. The number of hydrogen-bond donors (Lipinski definition) is 2. The molecule has 2 heterocycles. The Bertz CT molecular complexity index is 428. The van der Waals surface area contributed by atoms with Crippen molar-refractivity contribution < 1.29 is 9.90 Å². The lowest BCUT2D eigenvalue weighted by molar-refractivity contribution is 0.0919. The fourth-order valence-corrected chi connectivity index (χ4v) is 2.18. The minimum Gasteiger partial charge on any atom is -0.392 e. The van der Waals surface area contributed by atoms with Crippen molar-refractivity contribution in [1.29, 1.82) is 0 Å². The fraction of sp³-hybridized carbons (Fsp3) is 0.571. The summed E-state index contributed by atoms with van der Waals surface area (Å²) in [5.74, 6) is 0.629. The molecule has 1 aliphatic rings. The molecule has 1 fully saturated rings. The third-order valence-corrected chi connectivity index (χ3v) is 3.21. The summed E-state index contributed by atoms with van der Waals surface area (Å²) >= 11 is 0. The van der Waals surface area contributed by atoms with E-state index in [-0.39, 0.29) is 12.5 Å². The molecule has 1 atom stereocenters. The fourth-order valence-electron chi connectivity index (χ4n) is 2.18. The first-order valence-electron chi connectivity index (χ1n) is 6.85. The van der Waals surface area contributed by atoms with E-state index in [0.29, 0.717) is 5.69 Å². The van der Waals surface area contributed by atoms with E-state index in [1.165, 1.54) is 19.3 Å². The lowest BCUT2D eigenvalue weighted by Gasteiger charge is -2.27. The molecule has 1 saturated heterocycles. The number of carbonyl (C=O) groups excluding carboxylic acids is 1. The Morgan fingerprint density at radius 2 is 2.16 bits per heavy atom. The van der Waals surface area contributed by atoms with Crippen LogP contribution in [0.1, 0.15) is 36.7 Å². The van der Waals surface area contributed by atoms with Crippen molar-refractivity contribution in [3.8, 4) is 0 Å². The summed E-state index contributed by atoms with van der Waals surface area (Å²) in [6.07, 6.45) is 3.08. The van der Waals surface area contributed by atoms with E-state index in [4.69, 9.17) is 5.11 Å². The van der Waals surface area contributed by atoms with Gasteiger partial charge in [-0.15, -0.1) is 0 Å². The van der Waals surface area contributed by atoms with Crippen molar-refractivity contribution >= 4 is 11.7 Å². The molecule has 1 aliphatic heterocycles. The number of aliphatic hydroxyl groups is 1. The molecule has 0 saturated carbocycles. The van der Waals surface area contributed by atoms with Crippen molar-refractivity contribution in [1.82, 2.24) is 10.3 Å². The van der Waals surface area contributed by atoms with E-state index in [1.54, 1.807) is 13.0 Å². The van der Waals surface area contributed by atoms with E-state index in [1.807, 2.05) is 12.1 Å². The minimum absolute atomic E-state index is 0.236. The van der Waals surface area contributed by atoms with Crippen molar-refractivity contribution in [3.05, 3.63) is 23.9 Å². The van der Waals surface area contributed by atoms with Gasteiger partial charge in [0.15, 0.2) is 0 Å². The number of aliphatic hydroxyl groups excluding tert-OH is 1. The number of rotatable bonds is 4. The maximum Gasteiger partial charge on any atom is 0.270 e. The van der Waals surface area contributed by atoms with Gasteiger partial charge in [0.1, 0.15) is 11.5 Å². The molecular weight excluding hydrogens is 242 g/mol. The van der Waals surface area contributed by atoms with Gasteiger partial charge < -0.3 is 15.3 Å². The van der Waals surface area contributed by atoms with Crippen LogP contribution in [-0.2, 0) is 0 Å². The molecule has 5 heteroatoms. The molecule has 0 aromatic carbocycles. The molecule has 0 radical (unpaired) electrons. The molecule has 1 unspecified atom stereocenters. The van der Waals surface area contributed by atoms with Crippen LogP contribution in [0.5, 0.6) is 0 Å². The van der Waals surface area contributed by atoms with Crippen molar-refractivity contribution in [2.45, 2.75) is 32.3 Å². The molecule has 0 bridgehead atoms. The van der Waals surface area contributed by atoms with Crippen LogP contribution in [0.2, 0.25) is 0 Å². The second-order valence-electron chi connectivity index (χ2n) is 4.99. The SMILES string of the molecule is CC(O)CNC(=O)c1cccc(N2CCCCC2)n1. The summed E-state index contributed by atoms with van der Waals surface area (Å²) in [6, 6.07) is 5.50. The van der Waals surface area contributed by atoms with Crippen LogP contribution in [0.25, 0.3) is 0 Å². The summed E-state index contributed by atoms with van der Waals surface area (Å²) in [4.78, 5) is 18.5. The maximum atomic E-state index is 11.9. The Morgan fingerprint density at radius 1 is 1.42 bits per heavy atom.